The first kappa shape index (κ1) is 14.2. The fraction of sp³-hybridized carbons (Fsp3) is 0.625. The van der Waals surface area contributed by atoms with E-state index in [2.05, 4.69) is 24.1 Å². The van der Waals surface area contributed by atoms with Crippen LogP contribution < -0.4 is 10.2 Å². The highest BCUT2D eigenvalue weighted by Gasteiger charge is 2.16. The van der Waals surface area contributed by atoms with Gasteiger partial charge in [-0.3, -0.25) is 0 Å². The maximum Gasteiger partial charge on any atom is 0.148 e. The summed E-state index contributed by atoms with van der Waals surface area (Å²) in [6.07, 6.45) is 4.68. The summed E-state index contributed by atoms with van der Waals surface area (Å²) < 4.78 is 14.1. The van der Waals surface area contributed by atoms with Crippen molar-refractivity contribution in [2.75, 3.05) is 29.9 Å². The van der Waals surface area contributed by atoms with E-state index in [1.807, 2.05) is 12.1 Å². The van der Waals surface area contributed by atoms with E-state index in [0.29, 0.717) is 5.92 Å². The van der Waals surface area contributed by atoms with Gasteiger partial charge in [-0.05, 0) is 37.0 Å². The van der Waals surface area contributed by atoms with Gasteiger partial charge in [0.1, 0.15) is 5.82 Å². The molecular formula is C16H25FN2. The Labute approximate surface area is 116 Å². The molecule has 2 rings (SSSR count). The Bertz CT molecular complexity index is 396. The molecule has 0 aliphatic carbocycles. The zero-order chi connectivity index (χ0) is 13.7. The molecule has 0 aromatic heterocycles. The Morgan fingerprint density at radius 1 is 1.21 bits per heavy atom. The van der Waals surface area contributed by atoms with Gasteiger partial charge in [-0.25, -0.2) is 4.39 Å². The number of nitrogens with one attached hydrogen (secondary N) is 1. The fourth-order valence-electron chi connectivity index (χ4n) is 2.67. The lowest BCUT2D eigenvalue weighted by molar-refractivity contribution is 0.519. The van der Waals surface area contributed by atoms with Gasteiger partial charge in [-0.1, -0.05) is 26.7 Å². The summed E-state index contributed by atoms with van der Waals surface area (Å²) in [4.78, 5) is 2.14. The molecule has 2 nitrogen and oxygen atoms in total. The second-order valence-electron chi connectivity index (χ2n) is 5.42. The maximum atomic E-state index is 14.1. The molecule has 0 amide bonds. The lowest BCUT2D eigenvalue weighted by atomic mass is 10.0. The summed E-state index contributed by atoms with van der Waals surface area (Å²) in [5, 5.41) is 3.35. The lowest BCUT2D eigenvalue weighted by Crippen LogP contribution is -2.19. The van der Waals surface area contributed by atoms with Crippen LogP contribution in [0.5, 0.6) is 0 Å². The summed E-state index contributed by atoms with van der Waals surface area (Å²) in [7, 11) is 0. The first-order valence-electron chi connectivity index (χ1n) is 7.53. The molecule has 1 saturated heterocycles. The average Bonchev–Trinajstić information content (AvgIpc) is 2.94. The van der Waals surface area contributed by atoms with Crippen LogP contribution in [0.25, 0.3) is 0 Å². The third kappa shape index (κ3) is 3.62. The van der Waals surface area contributed by atoms with E-state index in [1.54, 1.807) is 6.07 Å². The molecule has 1 fully saturated rings. The molecule has 1 aromatic carbocycles. The first-order chi connectivity index (χ1) is 9.24. The van der Waals surface area contributed by atoms with Crippen LogP contribution in [-0.2, 0) is 0 Å². The van der Waals surface area contributed by atoms with E-state index in [1.165, 1.54) is 12.8 Å². The summed E-state index contributed by atoms with van der Waals surface area (Å²) in [5.74, 6) is 0.567. The van der Waals surface area contributed by atoms with Crippen molar-refractivity contribution in [2.24, 2.45) is 5.92 Å². The number of hydrogen-bond donors (Lipinski definition) is 1. The maximum absolute atomic E-state index is 14.1. The fourth-order valence-corrected chi connectivity index (χ4v) is 2.67. The van der Waals surface area contributed by atoms with Crippen molar-refractivity contribution in [1.82, 2.24) is 0 Å². The molecule has 19 heavy (non-hydrogen) atoms. The number of hydrogen-bond acceptors (Lipinski definition) is 2. The third-order valence-electron chi connectivity index (χ3n) is 4.14. The van der Waals surface area contributed by atoms with Crippen molar-refractivity contribution in [3.05, 3.63) is 24.0 Å². The third-order valence-corrected chi connectivity index (χ3v) is 4.14. The van der Waals surface area contributed by atoms with E-state index < -0.39 is 0 Å². The summed E-state index contributed by atoms with van der Waals surface area (Å²) in [5.41, 5.74) is 1.65. The van der Waals surface area contributed by atoms with E-state index in [0.717, 1.165) is 43.9 Å². The monoisotopic (exact) mass is 264 g/mol. The molecule has 1 aliphatic rings. The molecule has 0 spiro atoms. The Morgan fingerprint density at radius 2 is 1.89 bits per heavy atom. The Kier molecular flexibility index (Phi) is 5.06. The van der Waals surface area contributed by atoms with Gasteiger partial charge in [-0.15, -0.1) is 0 Å². The van der Waals surface area contributed by atoms with Crippen molar-refractivity contribution in [2.45, 2.75) is 39.5 Å². The van der Waals surface area contributed by atoms with Gasteiger partial charge in [0.15, 0.2) is 0 Å². The number of halogens is 1. The number of rotatable bonds is 6. The molecule has 1 aliphatic heterocycles. The van der Waals surface area contributed by atoms with E-state index in [-0.39, 0.29) is 5.82 Å². The molecule has 0 unspecified atom stereocenters. The van der Waals surface area contributed by atoms with Gasteiger partial charge < -0.3 is 10.2 Å². The van der Waals surface area contributed by atoms with Gasteiger partial charge in [0, 0.05) is 25.3 Å². The van der Waals surface area contributed by atoms with Crippen LogP contribution in [-0.4, -0.2) is 19.6 Å². The van der Waals surface area contributed by atoms with Gasteiger partial charge in [0.25, 0.3) is 0 Å². The Hall–Kier alpha value is -1.25. The van der Waals surface area contributed by atoms with Gasteiger partial charge in [0.2, 0.25) is 0 Å². The minimum Gasteiger partial charge on any atom is -0.385 e. The first-order valence-corrected chi connectivity index (χ1v) is 7.53. The second kappa shape index (κ2) is 6.78. The molecule has 1 N–H and O–H groups in total. The second-order valence-corrected chi connectivity index (χ2v) is 5.42. The van der Waals surface area contributed by atoms with Crippen LogP contribution in [0.2, 0.25) is 0 Å². The summed E-state index contributed by atoms with van der Waals surface area (Å²) in [6, 6.07) is 5.55. The summed E-state index contributed by atoms with van der Waals surface area (Å²) in [6.45, 7) is 7.30. The van der Waals surface area contributed by atoms with E-state index in [9.17, 15) is 4.39 Å². The quantitative estimate of drug-likeness (QED) is 0.825. The highest BCUT2D eigenvalue weighted by Crippen LogP contribution is 2.26. The van der Waals surface area contributed by atoms with Crippen molar-refractivity contribution in [3.63, 3.8) is 0 Å². The topological polar surface area (TPSA) is 15.3 Å². The van der Waals surface area contributed by atoms with Crippen molar-refractivity contribution < 1.29 is 4.39 Å². The molecule has 0 bridgehead atoms. The minimum absolute atomic E-state index is 0.101. The van der Waals surface area contributed by atoms with E-state index >= 15 is 0 Å². The zero-order valence-electron chi connectivity index (χ0n) is 12.1. The Morgan fingerprint density at radius 3 is 2.47 bits per heavy atom. The van der Waals surface area contributed by atoms with Crippen molar-refractivity contribution in [3.8, 4) is 0 Å². The Balaban J connectivity index is 1.98. The molecule has 1 aromatic rings. The summed E-state index contributed by atoms with van der Waals surface area (Å²) >= 11 is 0. The average molecular weight is 264 g/mol. The number of benzene rings is 1. The van der Waals surface area contributed by atoms with Crippen LogP contribution in [0.1, 0.15) is 39.5 Å². The van der Waals surface area contributed by atoms with Crippen LogP contribution in [0.3, 0.4) is 0 Å². The van der Waals surface area contributed by atoms with E-state index in [4.69, 9.17) is 0 Å². The van der Waals surface area contributed by atoms with Crippen molar-refractivity contribution >= 4 is 11.4 Å². The molecule has 1 heterocycles. The molecular weight excluding hydrogens is 239 g/mol. The molecule has 0 atom stereocenters. The smallest absolute Gasteiger partial charge is 0.148 e. The molecule has 106 valence electrons. The highest BCUT2D eigenvalue weighted by molar-refractivity contribution is 5.56. The SMILES string of the molecule is CCC(CC)CNc1ccc(N2CCCC2)c(F)c1. The number of nitrogens with zero attached hydrogens (tertiary/aromatic N) is 1. The predicted octanol–water partition coefficient (Wildman–Crippen LogP) is 4.27. The minimum atomic E-state index is -0.101. The van der Waals surface area contributed by atoms with Crippen LogP contribution in [0.4, 0.5) is 15.8 Å². The molecule has 3 heteroatoms. The van der Waals surface area contributed by atoms with Crippen LogP contribution in [0.15, 0.2) is 18.2 Å². The van der Waals surface area contributed by atoms with Gasteiger partial charge >= 0.3 is 0 Å². The largest absolute Gasteiger partial charge is 0.385 e. The van der Waals surface area contributed by atoms with Gasteiger partial charge in [-0.2, -0.15) is 0 Å². The number of anilines is 2. The van der Waals surface area contributed by atoms with Crippen molar-refractivity contribution in [1.29, 1.82) is 0 Å². The molecule has 0 saturated carbocycles. The standard InChI is InChI=1S/C16H25FN2/c1-3-13(4-2)12-18-14-7-8-16(15(17)11-14)19-9-5-6-10-19/h7-8,11,13,18H,3-6,9-10,12H2,1-2H3. The predicted molar refractivity (Wildman–Crippen MR) is 80.4 cm³/mol. The molecule has 0 radical (unpaired) electrons. The highest BCUT2D eigenvalue weighted by atomic mass is 19.1. The normalized spacial score (nSPS) is 15.3. The van der Waals surface area contributed by atoms with Gasteiger partial charge in [0.05, 0.1) is 5.69 Å². The zero-order valence-corrected chi connectivity index (χ0v) is 12.1. The lowest BCUT2D eigenvalue weighted by Gasteiger charge is -2.20. The van der Waals surface area contributed by atoms with Crippen LogP contribution in [0, 0.1) is 11.7 Å². The van der Waals surface area contributed by atoms with Crippen LogP contribution >= 0.6 is 0 Å².